The van der Waals surface area contributed by atoms with Gasteiger partial charge in [-0.25, -0.2) is 4.98 Å². The molecule has 9 heteroatoms. The second-order valence-electron chi connectivity index (χ2n) is 6.07. The summed E-state index contributed by atoms with van der Waals surface area (Å²) >= 11 is 0. The third kappa shape index (κ3) is 4.66. The Morgan fingerprint density at radius 2 is 1.96 bits per heavy atom. The first-order valence-corrected chi connectivity index (χ1v) is 8.37. The highest BCUT2D eigenvalue weighted by Gasteiger charge is 2.32. The van der Waals surface area contributed by atoms with Gasteiger partial charge in [0.1, 0.15) is 6.10 Å². The molecule has 0 bridgehead atoms. The SMILES string of the molecule is COc1nccc(OC2CCN(C(=O)c3cccc(C(F)(F)F)c3)CC2)n1. The third-order valence-corrected chi connectivity index (χ3v) is 4.24. The van der Waals surface area contributed by atoms with Crippen LogP contribution in [0, 0.1) is 0 Å². The lowest BCUT2D eigenvalue weighted by Gasteiger charge is -2.32. The fourth-order valence-corrected chi connectivity index (χ4v) is 2.85. The van der Waals surface area contributed by atoms with Crippen LogP contribution in [0.15, 0.2) is 36.5 Å². The fourth-order valence-electron chi connectivity index (χ4n) is 2.85. The molecular weight excluding hydrogens is 363 g/mol. The van der Waals surface area contributed by atoms with Crippen LogP contribution in [0.1, 0.15) is 28.8 Å². The van der Waals surface area contributed by atoms with Gasteiger partial charge in [-0.05, 0) is 18.2 Å². The van der Waals surface area contributed by atoms with Crippen LogP contribution in [-0.4, -0.2) is 47.1 Å². The monoisotopic (exact) mass is 381 g/mol. The van der Waals surface area contributed by atoms with E-state index in [2.05, 4.69) is 9.97 Å². The van der Waals surface area contributed by atoms with Gasteiger partial charge in [-0.3, -0.25) is 4.79 Å². The number of ether oxygens (including phenoxy) is 2. The highest BCUT2D eigenvalue weighted by atomic mass is 19.4. The van der Waals surface area contributed by atoms with E-state index in [0.29, 0.717) is 31.8 Å². The smallest absolute Gasteiger partial charge is 0.416 e. The average Bonchev–Trinajstić information content (AvgIpc) is 2.67. The molecule has 144 valence electrons. The number of alkyl halides is 3. The van der Waals surface area contributed by atoms with Crippen molar-refractivity contribution >= 4 is 5.91 Å². The van der Waals surface area contributed by atoms with Crippen molar-refractivity contribution < 1.29 is 27.4 Å². The summed E-state index contributed by atoms with van der Waals surface area (Å²) in [7, 11) is 1.46. The Labute approximate surface area is 153 Å². The number of hydrogen-bond acceptors (Lipinski definition) is 5. The molecule has 1 amide bonds. The van der Waals surface area contributed by atoms with Crippen molar-refractivity contribution in [3.05, 3.63) is 47.7 Å². The second kappa shape index (κ2) is 7.81. The lowest BCUT2D eigenvalue weighted by molar-refractivity contribution is -0.137. The highest BCUT2D eigenvalue weighted by Crippen LogP contribution is 2.30. The first-order chi connectivity index (χ1) is 12.9. The molecule has 2 aromatic rings. The van der Waals surface area contributed by atoms with Gasteiger partial charge in [0, 0.05) is 43.8 Å². The van der Waals surface area contributed by atoms with E-state index in [4.69, 9.17) is 9.47 Å². The van der Waals surface area contributed by atoms with Crippen LogP contribution in [0.2, 0.25) is 0 Å². The normalized spacial score (nSPS) is 15.5. The van der Waals surface area contributed by atoms with E-state index in [9.17, 15) is 18.0 Å². The van der Waals surface area contributed by atoms with Crippen LogP contribution >= 0.6 is 0 Å². The van der Waals surface area contributed by atoms with Crippen molar-refractivity contribution in [3.63, 3.8) is 0 Å². The van der Waals surface area contributed by atoms with Crippen LogP contribution in [-0.2, 0) is 6.18 Å². The van der Waals surface area contributed by atoms with Crippen LogP contribution in [0.25, 0.3) is 0 Å². The second-order valence-corrected chi connectivity index (χ2v) is 6.07. The molecule has 0 atom stereocenters. The van der Waals surface area contributed by atoms with Gasteiger partial charge in [0.25, 0.3) is 5.91 Å². The molecule has 0 saturated carbocycles. The van der Waals surface area contributed by atoms with Gasteiger partial charge in [0.2, 0.25) is 5.88 Å². The van der Waals surface area contributed by atoms with Crippen LogP contribution < -0.4 is 9.47 Å². The molecule has 0 N–H and O–H groups in total. The maximum Gasteiger partial charge on any atom is 0.416 e. The van der Waals surface area contributed by atoms with Crippen LogP contribution in [0.3, 0.4) is 0 Å². The molecule has 0 aliphatic carbocycles. The minimum atomic E-state index is -4.48. The number of nitrogens with zero attached hydrogens (tertiary/aromatic N) is 3. The molecular formula is C18H18F3N3O3. The highest BCUT2D eigenvalue weighted by molar-refractivity contribution is 5.94. The Hall–Kier alpha value is -2.84. The Bertz CT molecular complexity index is 806. The predicted octanol–water partition coefficient (Wildman–Crippen LogP) is 3.19. The predicted molar refractivity (Wildman–Crippen MR) is 89.6 cm³/mol. The summed E-state index contributed by atoms with van der Waals surface area (Å²) in [6.45, 7) is 0.782. The summed E-state index contributed by atoms with van der Waals surface area (Å²) < 4.78 is 49.2. The van der Waals surface area contributed by atoms with Gasteiger partial charge in [-0.1, -0.05) is 6.07 Å². The molecule has 0 radical (unpaired) electrons. The summed E-state index contributed by atoms with van der Waals surface area (Å²) in [6.07, 6.45) is -1.99. The summed E-state index contributed by atoms with van der Waals surface area (Å²) in [6, 6.07) is 6.29. The molecule has 6 nitrogen and oxygen atoms in total. The summed E-state index contributed by atoms with van der Waals surface area (Å²) in [5.41, 5.74) is -0.797. The maximum absolute atomic E-state index is 12.8. The van der Waals surface area contributed by atoms with Gasteiger partial charge in [-0.2, -0.15) is 18.2 Å². The number of halogens is 3. The molecule has 1 aliphatic heterocycles. The largest absolute Gasteiger partial charge is 0.474 e. The first kappa shape index (κ1) is 18.9. The molecule has 1 aromatic heterocycles. The first-order valence-electron chi connectivity index (χ1n) is 8.37. The van der Waals surface area contributed by atoms with Crippen molar-refractivity contribution in [3.8, 4) is 11.9 Å². The van der Waals surface area contributed by atoms with Crippen LogP contribution in [0.4, 0.5) is 13.2 Å². The van der Waals surface area contributed by atoms with Gasteiger partial charge in [-0.15, -0.1) is 0 Å². The lowest BCUT2D eigenvalue weighted by atomic mass is 10.0. The molecule has 0 unspecified atom stereocenters. The maximum atomic E-state index is 12.8. The quantitative estimate of drug-likeness (QED) is 0.814. The van der Waals surface area contributed by atoms with E-state index in [1.165, 1.54) is 30.3 Å². The summed E-state index contributed by atoms with van der Waals surface area (Å²) in [5.74, 6) is -0.0345. The van der Waals surface area contributed by atoms with Crippen molar-refractivity contribution in [1.82, 2.24) is 14.9 Å². The molecule has 1 aromatic carbocycles. The number of likely N-dealkylation sites (tertiary alicyclic amines) is 1. The number of rotatable bonds is 4. The molecule has 1 saturated heterocycles. The van der Waals surface area contributed by atoms with Gasteiger partial charge in [0.15, 0.2) is 0 Å². The number of carbonyl (C=O) groups is 1. The molecule has 1 aliphatic rings. The number of hydrogen-bond donors (Lipinski definition) is 0. The summed E-state index contributed by atoms with van der Waals surface area (Å²) in [4.78, 5) is 22.0. The van der Waals surface area contributed by atoms with E-state index in [1.807, 2.05) is 0 Å². The number of benzene rings is 1. The zero-order valence-electron chi connectivity index (χ0n) is 14.6. The number of carbonyl (C=O) groups excluding carboxylic acids is 1. The lowest BCUT2D eigenvalue weighted by Crippen LogP contribution is -2.41. The Balaban J connectivity index is 1.59. The van der Waals surface area contributed by atoms with E-state index < -0.39 is 17.6 Å². The van der Waals surface area contributed by atoms with Gasteiger partial charge >= 0.3 is 12.2 Å². The zero-order valence-corrected chi connectivity index (χ0v) is 14.6. The molecule has 27 heavy (non-hydrogen) atoms. The molecule has 3 rings (SSSR count). The summed E-state index contributed by atoms with van der Waals surface area (Å²) in [5, 5.41) is 0. The Morgan fingerprint density at radius 1 is 1.22 bits per heavy atom. The Kier molecular flexibility index (Phi) is 5.48. The third-order valence-electron chi connectivity index (χ3n) is 4.24. The molecule has 2 heterocycles. The van der Waals surface area contributed by atoms with Crippen molar-refractivity contribution in [2.24, 2.45) is 0 Å². The standard InChI is InChI=1S/C18H18F3N3O3/c1-26-17-22-8-5-15(23-17)27-14-6-9-24(10-7-14)16(25)12-3-2-4-13(11-12)18(19,20)21/h2-5,8,11,14H,6-7,9-10H2,1H3. The van der Waals surface area contributed by atoms with Crippen LogP contribution in [0.5, 0.6) is 11.9 Å². The average molecular weight is 381 g/mol. The van der Waals surface area contributed by atoms with Crippen molar-refractivity contribution in [2.45, 2.75) is 25.1 Å². The van der Waals surface area contributed by atoms with Crippen molar-refractivity contribution in [2.75, 3.05) is 20.2 Å². The minimum Gasteiger partial charge on any atom is -0.474 e. The minimum absolute atomic E-state index is 0.0322. The zero-order chi connectivity index (χ0) is 19.4. The van der Waals surface area contributed by atoms with E-state index in [0.717, 1.165) is 12.1 Å². The van der Waals surface area contributed by atoms with E-state index >= 15 is 0 Å². The Morgan fingerprint density at radius 3 is 2.63 bits per heavy atom. The van der Waals surface area contributed by atoms with Crippen molar-refractivity contribution in [1.29, 1.82) is 0 Å². The van der Waals surface area contributed by atoms with Gasteiger partial charge in [0.05, 0.1) is 12.7 Å². The number of amides is 1. The fraction of sp³-hybridized carbons (Fsp3) is 0.389. The molecule has 1 fully saturated rings. The number of aromatic nitrogens is 2. The number of methoxy groups -OCH3 is 1. The van der Waals surface area contributed by atoms with E-state index in [1.54, 1.807) is 6.07 Å². The topological polar surface area (TPSA) is 64.6 Å². The molecule has 0 spiro atoms. The number of piperidine rings is 1. The van der Waals surface area contributed by atoms with Gasteiger partial charge < -0.3 is 14.4 Å². The van der Waals surface area contributed by atoms with E-state index in [-0.39, 0.29) is 17.7 Å².